The second kappa shape index (κ2) is 8.91. The van der Waals surface area contributed by atoms with Crippen LogP contribution in [0.2, 0.25) is 0 Å². The number of nitrogens with zero attached hydrogens (tertiary/aromatic N) is 2. The van der Waals surface area contributed by atoms with E-state index in [4.69, 9.17) is 0 Å². The lowest BCUT2D eigenvalue weighted by Crippen LogP contribution is -2.36. The zero-order chi connectivity index (χ0) is 25.1. The maximum absolute atomic E-state index is 2.69. The summed E-state index contributed by atoms with van der Waals surface area (Å²) in [4.78, 5) is 5.25. The van der Waals surface area contributed by atoms with Crippen molar-refractivity contribution in [3.63, 3.8) is 0 Å². The molecule has 2 heterocycles. The van der Waals surface area contributed by atoms with Crippen LogP contribution in [0, 0.1) is 17.8 Å². The van der Waals surface area contributed by atoms with Crippen molar-refractivity contribution in [1.82, 2.24) is 0 Å². The molecule has 0 radical (unpaired) electrons. The summed E-state index contributed by atoms with van der Waals surface area (Å²) in [6.07, 6.45) is 27.8. The smallest absolute Gasteiger partial charge is 0.0629 e. The van der Waals surface area contributed by atoms with E-state index in [1.807, 2.05) is 0 Å². The minimum atomic E-state index is 0.373. The molecular formula is C36H34N2. The molecule has 0 saturated carbocycles. The van der Waals surface area contributed by atoms with Gasteiger partial charge in [-0.3, -0.25) is 0 Å². The van der Waals surface area contributed by atoms with Gasteiger partial charge in [-0.2, -0.15) is 0 Å². The zero-order valence-corrected chi connectivity index (χ0v) is 21.8. The van der Waals surface area contributed by atoms with Crippen LogP contribution in [-0.4, -0.2) is 12.1 Å². The van der Waals surface area contributed by atoms with Crippen LogP contribution >= 0.6 is 0 Å². The summed E-state index contributed by atoms with van der Waals surface area (Å²) >= 11 is 0. The molecule has 2 heteroatoms. The molecule has 5 atom stereocenters. The quantitative estimate of drug-likeness (QED) is 0.396. The Morgan fingerprint density at radius 1 is 0.737 bits per heavy atom. The Balaban J connectivity index is 1.14. The molecule has 8 rings (SSSR count). The average Bonchev–Trinajstić information content (AvgIpc) is 3.50. The molecule has 0 N–H and O–H groups in total. The number of hydrogen-bond acceptors (Lipinski definition) is 2. The second-order valence-corrected chi connectivity index (χ2v) is 11.5. The van der Waals surface area contributed by atoms with Gasteiger partial charge in [0.25, 0.3) is 0 Å². The van der Waals surface area contributed by atoms with Crippen LogP contribution in [0.3, 0.4) is 0 Å². The van der Waals surface area contributed by atoms with Gasteiger partial charge in [-0.15, -0.1) is 0 Å². The fraction of sp³-hybridized carbons (Fsp3) is 0.278. The molecular weight excluding hydrogens is 460 g/mol. The number of hydrogen-bond donors (Lipinski definition) is 0. The molecule has 2 aromatic carbocycles. The van der Waals surface area contributed by atoms with Gasteiger partial charge in [0, 0.05) is 46.6 Å². The van der Waals surface area contributed by atoms with E-state index in [1.165, 1.54) is 35.5 Å². The van der Waals surface area contributed by atoms with Crippen molar-refractivity contribution in [2.45, 2.75) is 44.2 Å². The van der Waals surface area contributed by atoms with E-state index in [0.717, 1.165) is 19.3 Å². The maximum atomic E-state index is 2.69. The van der Waals surface area contributed by atoms with Gasteiger partial charge in [-0.05, 0) is 67.5 Å². The minimum Gasteiger partial charge on any atom is -0.341 e. The Labute approximate surface area is 226 Å². The van der Waals surface area contributed by atoms with E-state index in [-0.39, 0.29) is 0 Å². The Bertz CT molecular complexity index is 1470. The lowest BCUT2D eigenvalue weighted by molar-refractivity contribution is 0.490. The van der Waals surface area contributed by atoms with Crippen molar-refractivity contribution < 1.29 is 0 Å². The van der Waals surface area contributed by atoms with Crippen molar-refractivity contribution in [3.8, 4) is 0 Å². The average molecular weight is 495 g/mol. The van der Waals surface area contributed by atoms with Crippen LogP contribution < -0.4 is 9.80 Å². The fourth-order valence-electron chi connectivity index (χ4n) is 7.88. The van der Waals surface area contributed by atoms with Crippen LogP contribution in [0.1, 0.15) is 32.1 Å². The third kappa shape index (κ3) is 3.39. The topological polar surface area (TPSA) is 6.48 Å². The molecule has 0 bridgehead atoms. The van der Waals surface area contributed by atoms with Crippen LogP contribution in [0.25, 0.3) is 0 Å². The molecule has 0 amide bonds. The lowest BCUT2D eigenvalue weighted by Gasteiger charge is -2.36. The SMILES string of the molecule is C1=CC2C3=CC(C4=CC5C6=C(CCC=C6)N(c6ccccc6)C5CC4)CC=C3N(c3ccccc3)[C@@H]2C=C1. The first-order chi connectivity index (χ1) is 18.9. The van der Waals surface area contributed by atoms with Gasteiger partial charge in [0.15, 0.2) is 0 Å². The lowest BCUT2D eigenvalue weighted by atomic mass is 9.75. The maximum Gasteiger partial charge on any atom is 0.0629 e. The predicted molar refractivity (Wildman–Crippen MR) is 158 cm³/mol. The van der Waals surface area contributed by atoms with E-state index in [1.54, 1.807) is 16.8 Å². The van der Waals surface area contributed by atoms with Crippen LogP contribution in [-0.2, 0) is 0 Å². The monoisotopic (exact) mass is 494 g/mol. The highest BCUT2D eigenvalue weighted by Gasteiger charge is 2.44. The second-order valence-electron chi connectivity index (χ2n) is 11.5. The van der Waals surface area contributed by atoms with Gasteiger partial charge < -0.3 is 9.80 Å². The molecule has 0 spiro atoms. The van der Waals surface area contributed by atoms with Gasteiger partial charge in [0.2, 0.25) is 0 Å². The van der Waals surface area contributed by atoms with E-state index in [2.05, 4.69) is 125 Å². The van der Waals surface area contributed by atoms with Gasteiger partial charge in [0.05, 0.1) is 6.04 Å². The van der Waals surface area contributed by atoms with E-state index in [9.17, 15) is 0 Å². The largest absolute Gasteiger partial charge is 0.341 e. The number of benzene rings is 2. The summed E-state index contributed by atoms with van der Waals surface area (Å²) in [7, 11) is 0. The standard InChI is InChI=1S/C36H34N2/c1-3-11-27(12-4-1)37-33-17-9-7-15-29(33)31-23-25(19-21-35(31)37)26-20-22-36-32(24-26)30-16-8-10-18-34(30)38(36)28-13-5-2-6-14-28/h1-9,11-17,21,23-25,29,32-33,36H,10,18-20,22H2/t25?,29?,32?,33-,36?/m1/s1. The van der Waals surface area contributed by atoms with E-state index < -0.39 is 0 Å². The highest BCUT2D eigenvalue weighted by Crippen LogP contribution is 2.51. The molecule has 2 aromatic rings. The summed E-state index contributed by atoms with van der Waals surface area (Å²) < 4.78 is 0. The van der Waals surface area contributed by atoms with Crippen molar-refractivity contribution in [2.24, 2.45) is 17.8 Å². The van der Waals surface area contributed by atoms with E-state index >= 15 is 0 Å². The normalized spacial score (nSPS) is 30.8. The molecule has 6 aliphatic rings. The third-order valence-electron chi connectivity index (χ3n) is 9.51. The van der Waals surface area contributed by atoms with Gasteiger partial charge in [-0.1, -0.05) is 96.7 Å². The molecule has 188 valence electrons. The number of allylic oxidation sites excluding steroid dienone is 9. The van der Waals surface area contributed by atoms with Crippen LogP contribution in [0.5, 0.6) is 0 Å². The summed E-state index contributed by atoms with van der Waals surface area (Å²) in [6.45, 7) is 0. The Kier molecular flexibility index (Phi) is 5.21. The van der Waals surface area contributed by atoms with Crippen molar-refractivity contribution in [2.75, 3.05) is 9.80 Å². The van der Waals surface area contributed by atoms with Crippen LogP contribution in [0.4, 0.5) is 11.4 Å². The highest BCUT2D eigenvalue weighted by atomic mass is 15.2. The predicted octanol–water partition coefficient (Wildman–Crippen LogP) is 8.28. The minimum absolute atomic E-state index is 0.373. The number of para-hydroxylation sites is 2. The number of fused-ring (bicyclic) bond motifs is 5. The molecule has 4 aliphatic carbocycles. The number of rotatable bonds is 3. The molecule has 1 saturated heterocycles. The Hall–Kier alpha value is -3.78. The Morgan fingerprint density at radius 3 is 2.32 bits per heavy atom. The summed E-state index contributed by atoms with van der Waals surface area (Å²) in [5.41, 5.74) is 10.4. The molecule has 1 fully saturated rings. The van der Waals surface area contributed by atoms with Gasteiger partial charge in [-0.25, -0.2) is 0 Å². The van der Waals surface area contributed by atoms with Crippen molar-refractivity contribution in [1.29, 1.82) is 0 Å². The first-order valence-electron chi connectivity index (χ1n) is 14.4. The first-order valence-corrected chi connectivity index (χ1v) is 14.4. The number of anilines is 2. The van der Waals surface area contributed by atoms with Crippen molar-refractivity contribution >= 4 is 11.4 Å². The van der Waals surface area contributed by atoms with Gasteiger partial charge >= 0.3 is 0 Å². The van der Waals surface area contributed by atoms with E-state index in [0.29, 0.717) is 29.8 Å². The first kappa shape index (κ1) is 22.2. The fourth-order valence-corrected chi connectivity index (χ4v) is 7.88. The van der Waals surface area contributed by atoms with Gasteiger partial charge in [0.1, 0.15) is 0 Å². The van der Waals surface area contributed by atoms with Crippen LogP contribution in [0.15, 0.2) is 143 Å². The molecule has 4 unspecified atom stereocenters. The summed E-state index contributed by atoms with van der Waals surface area (Å²) in [5, 5.41) is 0. The molecule has 38 heavy (non-hydrogen) atoms. The molecule has 2 aliphatic heterocycles. The molecule has 0 aromatic heterocycles. The summed E-state index contributed by atoms with van der Waals surface area (Å²) in [5.74, 6) is 1.44. The summed E-state index contributed by atoms with van der Waals surface area (Å²) in [6, 6.07) is 23.0. The highest BCUT2D eigenvalue weighted by molar-refractivity contribution is 5.67. The Morgan fingerprint density at radius 2 is 1.50 bits per heavy atom. The van der Waals surface area contributed by atoms with Crippen molar-refractivity contribution in [3.05, 3.63) is 143 Å². The molecule has 2 nitrogen and oxygen atoms in total. The third-order valence-corrected chi connectivity index (χ3v) is 9.51. The zero-order valence-electron chi connectivity index (χ0n) is 21.8.